The highest BCUT2D eigenvalue weighted by atomic mass is 16.5. The number of hydrogen-bond donors (Lipinski definition) is 3. The molecule has 26 heavy (non-hydrogen) atoms. The average Bonchev–Trinajstić information content (AvgIpc) is 2.63. The van der Waals surface area contributed by atoms with Crippen LogP contribution in [-0.4, -0.2) is 48.7 Å². The highest BCUT2D eigenvalue weighted by Crippen LogP contribution is 2.26. The van der Waals surface area contributed by atoms with Gasteiger partial charge in [-0.25, -0.2) is 0 Å². The summed E-state index contributed by atoms with van der Waals surface area (Å²) in [6.45, 7) is 2.85. The van der Waals surface area contributed by atoms with Gasteiger partial charge in [-0.05, 0) is 44.4 Å². The average molecular weight is 368 g/mol. The minimum atomic E-state index is -0.897. The number of ether oxygens (including phenoxy) is 1. The molecule has 0 aromatic carbocycles. The third-order valence-electron chi connectivity index (χ3n) is 5.62. The molecule has 2 amide bonds. The van der Waals surface area contributed by atoms with Crippen LogP contribution >= 0.6 is 0 Å². The Morgan fingerprint density at radius 1 is 1.08 bits per heavy atom. The Hall–Kier alpha value is -1.63. The molecule has 0 aromatic rings. The van der Waals surface area contributed by atoms with E-state index in [0.717, 1.165) is 12.8 Å². The summed E-state index contributed by atoms with van der Waals surface area (Å²) < 4.78 is 5.27. The lowest BCUT2D eigenvalue weighted by Gasteiger charge is -2.28. The fourth-order valence-electron chi connectivity index (χ4n) is 3.96. The van der Waals surface area contributed by atoms with Gasteiger partial charge in [-0.3, -0.25) is 14.4 Å². The van der Waals surface area contributed by atoms with E-state index in [-0.39, 0.29) is 24.3 Å². The van der Waals surface area contributed by atoms with E-state index in [0.29, 0.717) is 38.4 Å². The van der Waals surface area contributed by atoms with Crippen LogP contribution in [-0.2, 0) is 19.1 Å². The number of rotatable bonds is 8. The van der Waals surface area contributed by atoms with Crippen molar-refractivity contribution in [2.45, 2.75) is 64.3 Å². The Bertz CT molecular complexity index is 484. The standard InChI is InChI=1S/C19H32N2O5/c1-13(21-17(22)11-14-5-3-2-4-6-14)18(23)20-12-16(19(24)25)15-7-9-26-10-8-15/h13-16H,2-12H2,1H3,(H,20,23)(H,21,22)(H,24,25). The van der Waals surface area contributed by atoms with Gasteiger partial charge in [-0.2, -0.15) is 0 Å². The highest BCUT2D eigenvalue weighted by molar-refractivity contribution is 5.87. The summed E-state index contributed by atoms with van der Waals surface area (Å²) in [6, 6.07) is -0.657. The fourth-order valence-corrected chi connectivity index (χ4v) is 3.96. The zero-order valence-electron chi connectivity index (χ0n) is 15.7. The van der Waals surface area contributed by atoms with Crippen molar-refractivity contribution in [2.24, 2.45) is 17.8 Å². The van der Waals surface area contributed by atoms with Gasteiger partial charge in [0.15, 0.2) is 0 Å². The van der Waals surface area contributed by atoms with Crippen LogP contribution in [0.1, 0.15) is 58.3 Å². The first-order valence-corrected chi connectivity index (χ1v) is 9.85. The van der Waals surface area contributed by atoms with E-state index in [4.69, 9.17) is 4.74 Å². The van der Waals surface area contributed by atoms with Crippen molar-refractivity contribution in [3.05, 3.63) is 0 Å². The summed E-state index contributed by atoms with van der Waals surface area (Å²) in [4.78, 5) is 35.9. The lowest BCUT2D eigenvalue weighted by Crippen LogP contribution is -2.48. The SMILES string of the molecule is CC(NC(=O)CC1CCCCC1)C(=O)NCC(C(=O)O)C1CCOCC1. The van der Waals surface area contributed by atoms with Crippen LogP contribution in [0.3, 0.4) is 0 Å². The first-order chi connectivity index (χ1) is 12.5. The molecule has 148 valence electrons. The van der Waals surface area contributed by atoms with Crippen LogP contribution < -0.4 is 10.6 Å². The van der Waals surface area contributed by atoms with E-state index < -0.39 is 17.9 Å². The van der Waals surface area contributed by atoms with Crippen LogP contribution in [0.4, 0.5) is 0 Å². The maximum atomic E-state index is 12.2. The number of carboxylic acids is 1. The van der Waals surface area contributed by atoms with Gasteiger partial charge in [0, 0.05) is 26.2 Å². The van der Waals surface area contributed by atoms with Gasteiger partial charge in [-0.1, -0.05) is 19.3 Å². The lowest BCUT2D eigenvalue weighted by molar-refractivity contribution is -0.145. The first kappa shape index (κ1) is 20.7. The molecule has 1 saturated heterocycles. The van der Waals surface area contributed by atoms with E-state index in [1.54, 1.807) is 6.92 Å². The third kappa shape index (κ3) is 6.59. The molecule has 7 nitrogen and oxygen atoms in total. The van der Waals surface area contributed by atoms with E-state index in [2.05, 4.69) is 10.6 Å². The van der Waals surface area contributed by atoms with E-state index in [1.165, 1.54) is 19.3 Å². The smallest absolute Gasteiger partial charge is 0.308 e. The van der Waals surface area contributed by atoms with Gasteiger partial charge in [-0.15, -0.1) is 0 Å². The van der Waals surface area contributed by atoms with Crippen molar-refractivity contribution < 1.29 is 24.2 Å². The topological polar surface area (TPSA) is 105 Å². The Morgan fingerprint density at radius 2 is 1.73 bits per heavy atom. The summed E-state index contributed by atoms with van der Waals surface area (Å²) in [6.07, 6.45) is 7.62. The highest BCUT2D eigenvalue weighted by Gasteiger charge is 2.30. The molecule has 2 rings (SSSR count). The van der Waals surface area contributed by atoms with Crippen molar-refractivity contribution in [1.82, 2.24) is 10.6 Å². The lowest BCUT2D eigenvalue weighted by atomic mass is 9.86. The Kier molecular flexibility index (Phi) is 8.35. The molecule has 7 heteroatoms. The molecular weight excluding hydrogens is 336 g/mol. The van der Waals surface area contributed by atoms with Gasteiger partial charge < -0.3 is 20.5 Å². The van der Waals surface area contributed by atoms with Crippen LogP contribution in [0.25, 0.3) is 0 Å². The summed E-state index contributed by atoms with van der Waals surface area (Å²) in [5.41, 5.74) is 0. The third-order valence-corrected chi connectivity index (χ3v) is 5.62. The molecule has 1 heterocycles. The number of carbonyl (C=O) groups excluding carboxylic acids is 2. The largest absolute Gasteiger partial charge is 0.481 e. The van der Waals surface area contributed by atoms with E-state index in [1.807, 2.05) is 0 Å². The van der Waals surface area contributed by atoms with Gasteiger partial charge in [0.1, 0.15) is 6.04 Å². The Labute approximate surface area is 155 Å². The van der Waals surface area contributed by atoms with Crippen molar-refractivity contribution >= 4 is 17.8 Å². The van der Waals surface area contributed by atoms with Crippen molar-refractivity contribution in [3.8, 4) is 0 Å². The number of nitrogens with one attached hydrogen (secondary N) is 2. The van der Waals surface area contributed by atoms with Crippen molar-refractivity contribution in [3.63, 3.8) is 0 Å². The van der Waals surface area contributed by atoms with E-state index >= 15 is 0 Å². The molecule has 1 aliphatic carbocycles. The molecule has 0 radical (unpaired) electrons. The molecular formula is C19H32N2O5. The van der Waals surface area contributed by atoms with E-state index in [9.17, 15) is 19.5 Å². The van der Waals surface area contributed by atoms with Gasteiger partial charge >= 0.3 is 5.97 Å². The van der Waals surface area contributed by atoms with Gasteiger partial charge in [0.2, 0.25) is 11.8 Å². The summed E-state index contributed by atoms with van der Waals surface area (Å²) in [5, 5.41) is 14.9. The molecule has 2 fully saturated rings. The maximum absolute atomic E-state index is 12.2. The summed E-state index contributed by atoms with van der Waals surface area (Å²) in [5.74, 6) is -1.51. The second kappa shape index (κ2) is 10.5. The molecule has 0 bridgehead atoms. The Balaban J connectivity index is 1.74. The van der Waals surface area contributed by atoms with Crippen molar-refractivity contribution in [1.29, 1.82) is 0 Å². The minimum absolute atomic E-state index is 0.0118. The summed E-state index contributed by atoms with van der Waals surface area (Å²) >= 11 is 0. The predicted molar refractivity (Wildman–Crippen MR) is 96.5 cm³/mol. The van der Waals surface area contributed by atoms with Crippen LogP contribution in [0.5, 0.6) is 0 Å². The monoisotopic (exact) mass is 368 g/mol. The van der Waals surface area contributed by atoms with Crippen molar-refractivity contribution in [2.75, 3.05) is 19.8 Å². The zero-order chi connectivity index (χ0) is 18.9. The Morgan fingerprint density at radius 3 is 2.35 bits per heavy atom. The molecule has 2 unspecified atom stereocenters. The second-order valence-electron chi connectivity index (χ2n) is 7.64. The van der Waals surface area contributed by atoms with Gasteiger partial charge in [0.05, 0.1) is 5.92 Å². The number of amides is 2. The minimum Gasteiger partial charge on any atom is -0.481 e. The second-order valence-corrected chi connectivity index (χ2v) is 7.64. The molecule has 2 aliphatic rings. The zero-order valence-corrected chi connectivity index (χ0v) is 15.7. The molecule has 1 aliphatic heterocycles. The molecule has 0 spiro atoms. The number of carboxylic acid groups (broad SMARTS) is 1. The predicted octanol–water partition coefficient (Wildman–Crippen LogP) is 1.71. The number of carbonyl (C=O) groups is 3. The number of aliphatic carboxylic acids is 1. The van der Waals surface area contributed by atoms with Gasteiger partial charge in [0.25, 0.3) is 0 Å². The number of hydrogen-bond acceptors (Lipinski definition) is 4. The normalized spacial score (nSPS) is 21.6. The van der Waals surface area contributed by atoms with Crippen LogP contribution in [0.15, 0.2) is 0 Å². The quantitative estimate of drug-likeness (QED) is 0.605. The maximum Gasteiger partial charge on any atom is 0.308 e. The van der Waals surface area contributed by atoms with Crippen LogP contribution in [0.2, 0.25) is 0 Å². The first-order valence-electron chi connectivity index (χ1n) is 9.85. The molecule has 3 N–H and O–H groups in total. The fraction of sp³-hybridized carbons (Fsp3) is 0.842. The molecule has 0 aromatic heterocycles. The summed E-state index contributed by atoms with van der Waals surface area (Å²) in [7, 11) is 0. The molecule has 1 saturated carbocycles. The van der Waals surface area contributed by atoms with Crippen LogP contribution in [0, 0.1) is 17.8 Å². The molecule has 2 atom stereocenters.